The third kappa shape index (κ3) is 3.67. The third-order valence-corrected chi connectivity index (χ3v) is 5.27. The Morgan fingerprint density at radius 3 is 2.33 bits per heavy atom. The van der Waals surface area contributed by atoms with Gasteiger partial charge in [-0.3, -0.25) is 4.90 Å². The number of hydrogen-bond donors (Lipinski definition) is 1. The summed E-state index contributed by atoms with van der Waals surface area (Å²) >= 11 is 0. The fraction of sp³-hybridized carbons (Fsp3) is 0.684. The smallest absolute Gasteiger partial charge is 0.0475 e. The van der Waals surface area contributed by atoms with Gasteiger partial charge in [-0.25, -0.2) is 0 Å². The van der Waals surface area contributed by atoms with Crippen LogP contribution in [0.25, 0.3) is 0 Å². The maximum absolute atomic E-state index is 6.18. The molecule has 3 atom stereocenters. The Morgan fingerprint density at radius 1 is 1.19 bits per heavy atom. The zero-order valence-corrected chi connectivity index (χ0v) is 14.4. The second-order valence-corrected chi connectivity index (χ2v) is 7.15. The fourth-order valence-corrected chi connectivity index (χ4v) is 4.23. The van der Waals surface area contributed by atoms with E-state index in [0.29, 0.717) is 18.6 Å². The Kier molecular flexibility index (Phi) is 5.45. The first kappa shape index (κ1) is 16.5. The lowest BCUT2D eigenvalue weighted by Crippen LogP contribution is -2.41. The van der Waals surface area contributed by atoms with Gasteiger partial charge in [0.15, 0.2) is 0 Å². The quantitative estimate of drug-likeness (QED) is 0.903. The summed E-state index contributed by atoms with van der Waals surface area (Å²) in [6.45, 7) is 9.73. The second kappa shape index (κ2) is 6.93. The van der Waals surface area contributed by atoms with Crippen LogP contribution >= 0.6 is 0 Å². The summed E-state index contributed by atoms with van der Waals surface area (Å²) < 4.78 is 0. The molecule has 0 spiro atoms. The average Bonchev–Trinajstić information content (AvgIpc) is 2.42. The highest BCUT2D eigenvalue weighted by atomic mass is 15.2. The van der Waals surface area contributed by atoms with Crippen molar-refractivity contribution in [2.75, 3.05) is 13.6 Å². The van der Waals surface area contributed by atoms with Gasteiger partial charge >= 0.3 is 0 Å². The standard InChI is InChI=1S/C19H32N2/c1-13-7-6-8-17(11-13)21(5)18(12-20)19-15(3)9-14(2)10-16(19)4/h9-10,13,17-18H,6-8,11-12,20H2,1-5H3. The SMILES string of the molecule is Cc1cc(C)c(C(CN)N(C)C2CCCC(C)C2)c(C)c1. The predicted octanol–water partition coefficient (Wildman–Crippen LogP) is 4.12. The summed E-state index contributed by atoms with van der Waals surface area (Å²) in [6.07, 6.45) is 5.39. The van der Waals surface area contributed by atoms with Crippen LogP contribution < -0.4 is 5.73 Å². The number of likely N-dealkylation sites (N-methyl/N-ethyl adjacent to an activating group) is 1. The molecule has 1 aliphatic carbocycles. The minimum Gasteiger partial charge on any atom is -0.329 e. The lowest BCUT2D eigenvalue weighted by molar-refractivity contribution is 0.120. The van der Waals surface area contributed by atoms with E-state index in [1.165, 1.54) is 47.9 Å². The topological polar surface area (TPSA) is 29.3 Å². The number of benzene rings is 1. The lowest BCUT2D eigenvalue weighted by Gasteiger charge is -2.40. The summed E-state index contributed by atoms with van der Waals surface area (Å²) in [6, 6.07) is 5.62. The van der Waals surface area contributed by atoms with Crippen molar-refractivity contribution >= 4 is 0 Å². The lowest BCUT2D eigenvalue weighted by atomic mass is 9.84. The minimum absolute atomic E-state index is 0.348. The molecule has 118 valence electrons. The molecular formula is C19H32N2. The molecule has 21 heavy (non-hydrogen) atoms. The molecule has 1 aromatic rings. The predicted molar refractivity (Wildman–Crippen MR) is 91.6 cm³/mol. The van der Waals surface area contributed by atoms with E-state index >= 15 is 0 Å². The van der Waals surface area contributed by atoms with E-state index in [9.17, 15) is 0 Å². The number of rotatable bonds is 4. The van der Waals surface area contributed by atoms with Gasteiger partial charge in [-0.05, 0) is 63.3 Å². The maximum Gasteiger partial charge on any atom is 0.0475 e. The van der Waals surface area contributed by atoms with E-state index < -0.39 is 0 Å². The normalized spacial score (nSPS) is 24.3. The number of hydrogen-bond acceptors (Lipinski definition) is 2. The molecule has 1 saturated carbocycles. The monoisotopic (exact) mass is 288 g/mol. The number of nitrogens with zero attached hydrogens (tertiary/aromatic N) is 1. The highest BCUT2D eigenvalue weighted by Crippen LogP contribution is 2.33. The molecule has 3 unspecified atom stereocenters. The van der Waals surface area contributed by atoms with Crippen LogP contribution in [0.5, 0.6) is 0 Å². The van der Waals surface area contributed by atoms with Crippen molar-refractivity contribution in [1.82, 2.24) is 4.90 Å². The molecule has 1 aliphatic rings. The molecule has 2 heteroatoms. The number of aryl methyl sites for hydroxylation is 3. The van der Waals surface area contributed by atoms with E-state index in [1.807, 2.05) is 0 Å². The van der Waals surface area contributed by atoms with Crippen LogP contribution in [0.4, 0.5) is 0 Å². The highest BCUT2D eigenvalue weighted by molar-refractivity contribution is 5.40. The van der Waals surface area contributed by atoms with Gasteiger partial charge in [0.2, 0.25) is 0 Å². The van der Waals surface area contributed by atoms with E-state index in [2.05, 4.69) is 51.8 Å². The van der Waals surface area contributed by atoms with Crippen molar-refractivity contribution in [2.24, 2.45) is 11.7 Å². The van der Waals surface area contributed by atoms with Crippen molar-refractivity contribution in [1.29, 1.82) is 0 Å². The largest absolute Gasteiger partial charge is 0.329 e. The fourth-order valence-electron chi connectivity index (χ4n) is 4.23. The van der Waals surface area contributed by atoms with Gasteiger partial charge in [-0.1, -0.05) is 37.5 Å². The van der Waals surface area contributed by atoms with Crippen LogP contribution in [0.2, 0.25) is 0 Å². The molecule has 0 radical (unpaired) electrons. The van der Waals surface area contributed by atoms with Crippen LogP contribution in [0.15, 0.2) is 12.1 Å². The molecule has 0 amide bonds. The summed E-state index contributed by atoms with van der Waals surface area (Å²) in [5.74, 6) is 0.852. The van der Waals surface area contributed by atoms with Gasteiger partial charge in [0.1, 0.15) is 0 Å². The Bertz CT molecular complexity index is 457. The summed E-state index contributed by atoms with van der Waals surface area (Å²) in [4.78, 5) is 2.56. The first-order valence-corrected chi connectivity index (χ1v) is 8.43. The van der Waals surface area contributed by atoms with Crippen LogP contribution in [0, 0.1) is 26.7 Å². The summed E-state index contributed by atoms with van der Waals surface area (Å²) in [5.41, 5.74) is 11.8. The van der Waals surface area contributed by atoms with Crippen molar-refractivity contribution in [3.05, 3.63) is 34.4 Å². The molecule has 0 heterocycles. The van der Waals surface area contributed by atoms with Gasteiger partial charge < -0.3 is 5.73 Å². The molecule has 0 aliphatic heterocycles. The molecular weight excluding hydrogens is 256 g/mol. The Hall–Kier alpha value is -0.860. The van der Waals surface area contributed by atoms with Crippen molar-refractivity contribution in [3.63, 3.8) is 0 Å². The van der Waals surface area contributed by atoms with E-state index in [1.54, 1.807) is 0 Å². The second-order valence-electron chi connectivity index (χ2n) is 7.15. The highest BCUT2D eigenvalue weighted by Gasteiger charge is 2.28. The van der Waals surface area contributed by atoms with Gasteiger partial charge in [-0.2, -0.15) is 0 Å². The van der Waals surface area contributed by atoms with Crippen LogP contribution in [-0.4, -0.2) is 24.5 Å². The first-order chi connectivity index (χ1) is 9.93. The Morgan fingerprint density at radius 2 is 1.81 bits per heavy atom. The molecule has 0 saturated heterocycles. The first-order valence-electron chi connectivity index (χ1n) is 8.43. The molecule has 0 aromatic heterocycles. The van der Waals surface area contributed by atoms with Crippen molar-refractivity contribution in [2.45, 2.75) is 65.5 Å². The average molecular weight is 288 g/mol. The molecule has 2 nitrogen and oxygen atoms in total. The van der Waals surface area contributed by atoms with E-state index in [0.717, 1.165) is 5.92 Å². The molecule has 0 bridgehead atoms. The van der Waals surface area contributed by atoms with Gasteiger partial charge in [0.25, 0.3) is 0 Å². The summed E-state index contributed by atoms with van der Waals surface area (Å²) in [5, 5.41) is 0. The van der Waals surface area contributed by atoms with Gasteiger partial charge in [0.05, 0.1) is 0 Å². The number of nitrogens with two attached hydrogens (primary N) is 1. The summed E-state index contributed by atoms with van der Waals surface area (Å²) in [7, 11) is 2.28. The minimum atomic E-state index is 0.348. The molecule has 1 aromatic carbocycles. The third-order valence-electron chi connectivity index (χ3n) is 5.27. The Balaban J connectivity index is 2.27. The van der Waals surface area contributed by atoms with Crippen LogP contribution in [-0.2, 0) is 0 Å². The van der Waals surface area contributed by atoms with E-state index in [4.69, 9.17) is 5.73 Å². The molecule has 1 fully saturated rings. The Labute approximate surface area is 130 Å². The van der Waals surface area contributed by atoms with Crippen LogP contribution in [0.1, 0.15) is 60.9 Å². The maximum atomic E-state index is 6.18. The van der Waals surface area contributed by atoms with Crippen molar-refractivity contribution < 1.29 is 0 Å². The zero-order valence-electron chi connectivity index (χ0n) is 14.4. The van der Waals surface area contributed by atoms with Gasteiger partial charge in [-0.15, -0.1) is 0 Å². The molecule has 2 N–H and O–H groups in total. The van der Waals surface area contributed by atoms with Crippen molar-refractivity contribution in [3.8, 4) is 0 Å². The zero-order chi connectivity index (χ0) is 15.6. The van der Waals surface area contributed by atoms with Crippen LogP contribution in [0.3, 0.4) is 0 Å². The molecule has 2 rings (SSSR count). The van der Waals surface area contributed by atoms with E-state index in [-0.39, 0.29) is 0 Å². The van der Waals surface area contributed by atoms with Gasteiger partial charge in [0, 0.05) is 18.6 Å².